The van der Waals surface area contributed by atoms with E-state index in [-0.39, 0.29) is 0 Å². The molecule has 0 bridgehead atoms. The minimum atomic E-state index is 0.779. The van der Waals surface area contributed by atoms with Gasteiger partial charge in [0.15, 0.2) is 0 Å². The quantitative estimate of drug-likeness (QED) is 0.585. The summed E-state index contributed by atoms with van der Waals surface area (Å²) < 4.78 is 0. The average Bonchev–Trinajstić information content (AvgIpc) is 2.72. The monoisotopic (exact) mass is 261 g/mol. The van der Waals surface area contributed by atoms with Crippen LogP contribution in [-0.2, 0) is 6.54 Å². The van der Waals surface area contributed by atoms with Crippen LogP contribution in [0.4, 0.5) is 0 Å². The van der Waals surface area contributed by atoms with Crippen molar-refractivity contribution in [3.63, 3.8) is 0 Å². The molecule has 19 heavy (non-hydrogen) atoms. The van der Waals surface area contributed by atoms with E-state index in [1.807, 2.05) is 18.5 Å². The summed E-state index contributed by atoms with van der Waals surface area (Å²) in [6, 6.07) is 4.88. The maximum absolute atomic E-state index is 4.12. The lowest BCUT2D eigenvalue weighted by Crippen LogP contribution is -2.31. The maximum atomic E-state index is 4.12. The molecule has 1 heterocycles. The van der Waals surface area contributed by atoms with Crippen molar-refractivity contribution in [1.29, 1.82) is 0 Å². The molecule has 3 heteroatoms. The highest BCUT2D eigenvalue weighted by molar-refractivity contribution is 5.07. The first-order chi connectivity index (χ1) is 9.45. The molecule has 2 rings (SSSR count). The predicted molar refractivity (Wildman–Crippen MR) is 80.1 cm³/mol. The van der Waals surface area contributed by atoms with Gasteiger partial charge in [0.05, 0.1) is 0 Å². The minimum Gasteiger partial charge on any atom is -0.314 e. The number of pyridine rings is 1. The van der Waals surface area contributed by atoms with Crippen LogP contribution in [0.25, 0.3) is 0 Å². The van der Waals surface area contributed by atoms with Crippen LogP contribution in [0.15, 0.2) is 24.5 Å². The van der Waals surface area contributed by atoms with E-state index in [0.29, 0.717) is 0 Å². The molecule has 2 N–H and O–H groups in total. The summed E-state index contributed by atoms with van der Waals surface area (Å²) in [5, 5.41) is 7.18. The average molecular weight is 261 g/mol. The van der Waals surface area contributed by atoms with E-state index in [0.717, 1.165) is 25.7 Å². The van der Waals surface area contributed by atoms with E-state index in [2.05, 4.69) is 21.7 Å². The highest BCUT2D eigenvalue weighted by Gasteiger charge is 2.10. The van der Waals surface area contributed by atoms with Crippen molar-refractivity contribution in [3.8, 4) is 0 Å². The highest BCUT2D eigenvalue weighted by atomic mass is 14.9. The van der Waals surface area contributed by atoms with Gasteiger partial charge in [0.1, 0.15) is 0 Å². The molecule has 0 amide bonds. The molecular weight excluding hydrogens is 234 g/mol. The van der Waals surface area contributed by atoms with Gasteiger partial charge in [-0.15, -0.1) is 0 Å². The molecule has 0 aromatic carbocycles. The number of nitrogens with one attached hydrogen (secondary N) is 2. The largest absolute Gasteiger partial charge is 0.314 e. The molecule has 0 spiro atoms. The summed E-state index contributed by atoms with van der Waals surface area (Å²) in [5.74, 6) is 0. The molecule has 0 atom stereocenters. The smallest absolute Gasteiger partial charge is 0.0312 e. The number of aromatic nitrogens is 1. The summed E-state index contributed by atoms with van der Waals surface area (Å²) >= 11 is 0. The number of hydrogen-bond donors (Lipinski definition) is 2. The van der Waals surface area contributed by atoms with Gasteiger partial charge in [0.2, 0.25) is 0 Å². The summed E-state index contributed by atoms with van der Waals surface area (Å²) in [4.78, 5) is 4.12. The fraction of sp³-hybridized carbons (Fsp3) is 0.688. The van der Waals surface area contributed by atoms with Crippen molar-refractivity contribution >= 4 is 0 Å². The fourth-order valence-corrected chi connectivity index (χ4v) is 2.74. The number of nitrogens with zero attached hydrogens (tertiary/aromatic N) is 1. The molecule has 1 aromatic rings. The Morgan fingerprint density at radius 1 is 1.11 bits per heavy atom. The van der Waals surface area contributed by atoms with Gasteiger partial charge in [0, 0.05) is 25.0 Å². The zero-order valence-electron chi connectivity index (χ0n) is 11.9. The van der Waals surface area contributed by atoms with E-state index >= 15 is 0 Å². The Balaban J connectivity index is 1.48. The van der Waals surface area contributed by atoms with Gasteiger partial charge < -0.3 is 10.6 Å². The Labute approximate surface area is 117 Å². The summed E-state index contributed by atoms with van der Waals surface area (Å²) in [7, 11) is 0. The first-order valence-electron chi connectivity index (χ1n) is 7.78. The summed E-state index contributed by atoms with van der Waals surface area (Å²) in [6.07, 6.45) is 13.4. The van der Waals surface area contributed by atoms with Crippen LogP contribution in [0.3, 0.4) is 0 Å². The molecule has 1 aliphatic rings. The van der Waals surface area contributed by atoms with Gasteiger partial charge in [-0.3, -0.25) is 4.98 Å². The molecule has 0 unspecified atom stereocenters. The molecule has 0 radical (unpaired) electrons. The van der Waals surface area contributed by atoms with Gasteiger partial charge in [-0.1, -0.05) is 31.7 Å². The summed E-state index contributed by atoms with van der Waals surface area (Å²) in [6.45, 7) is 3.15. The third-order valence-electron chi connectivity index (χ3n) is 3.87. The van der Waals surface area contributed by atoms with Crippen molar-refractivity contribution < 1.29 is 0 Å². The van der Waals surface area contributed by atoms with Gasteiger partial charge in [-0.2, -0.15) is 0 Å². The Morgan fingerprint density at radius 3 is 2.68 bits per heavy atom. The topological polar surface area (TPSA) is 37.0 Å². The first kappa shape index (κ1) is 14.5. The summed E-state index contributed by atoms with van der Waals surface area (Å²) in [5.41, 5.74) is 1.26. The van der Waals surface area contributed by atoms with E-state index < -0.39 is 0 Å². The third-order valence-corrected chi connectivity index (χ3v) is 3.87. The molecule has 0 saturated heterocycles. The standard InChI is InChI=1S/C16H27N3/c1-2-4-9-16(8-3-1)19-12-6-11-18-14-15-7-5-10-17-13-15/h5,7,10,13,16,18-19H,1-4,6,8-9,11-12,14H2. The SMILES string of the molecule is c1cncc(CNCCCNC2CCCCCC2)c1. The maximum Gasteiger partial charge on any atom is 0.0312 e. The molecule has 0 aliphatic heterocycles. The van der Waals surface area contributed by atoms with Gasteiger partial charge >= 0.3 is 0 Å². The van der Waals surface area contributed by atoms with E-state index in [1.165, 1.54) is 50.5 Å². The lowest BCUT2D eigenvalue weighted by atomic mass is 10.1. The lowest BCUT2D eigenvalue weighted by molar-refractivity contribution is 0.451. The van der Waals surface area contributed by atoms with Crippen LogP contribution in [-0.4, -0.2) is 24.1 Å². The second-order valence-electron chi connectivity index (χ2n) is 5.53. The minimum absolute atomic E-state index is 0.779. The van der Waals surface area contributed by atoms with Gasteiger partial charge in [0.25, 0.3) is 0 Å². The molecule has 3 nitrogen and oxygen atoms in total. The van der Waals surface area contributed by atoms with Crippen molar-refractivity contribution in [2.24, 2.45) is 0 Å². The third kappa shape index (κ3) is 6.17. The van der Waals surface area contributed by atoms with E-state index in [9.17, 15) is 0 Å². The van der Waals surface area contributed by atoms with Crippen molar-refractivity contribution in [2.45, 2.75) is 57.5 Å². The van der Waals surface area contributed by atoms with Crippen molar-refractivity contribution in [2.75, 3.05) is 13.1 Å². The fourth-order valence-electron chi connectivity index (χ4n) is 2.74. The Morgan fingerprint density at radius 2 is 1.95 bits per heavy atom. The molecular formula is C16H27N3. The lowest BCUT2D eigenvalue weighted by Gasteiger charge is -2.16. The Hall–Kier alpha value is -0.930. The van der Waals surface area contributed by atoms with Crippen molar-refractivity contribution in [1.82, 2.24) is 15.6 Å². The molecule has 106 valence electrons. The van der Waals surface area contributed by atoms with Crippen molar-refractivity contribution in [3.05, 3.63) is 30.1 Å². The molecule has 1 aliphatic carbocycles. The number of rotatable bonds is 7. The van der Waals surface area contributed by atoms with E-state index in [4.69, 9.17) is 0 Å². The van der Waals surface area contributed by atoms with Crippen LogP contribution in [0.5, 0.6) is 0 Å². The molecule has 1 aromatic heterocycles. The van der Waals surface area contributed by atoms with Crippen LogP contribution < -0.4 is 10.6 Å². The van der Waals surface area contributed by atoms with Crippen LogP contribution in [0.1, 0.15) is 50.5 Å². The Bertz CT molecular complexity index is 318. The van der Waals surface area contributed by atoms with E-state index in [1.54, 1.807) is 0 Å². The predicted octanol–water partition coefficient (Wildman–Crippen LogP) is 2.87. The second-order valence-corrected chi connectivity index (χ2v) is 5.53. The van der Waals surface area contributed by atoms with Gasteiger partial charge in [-0.05, 0) is 44.0 Å². The van der Waals surface area contributed by atoms with Crippen LogP contribution >= 0.6 is 0 Å². The number of hydrogen-bond acceptors (Lipinski definition) is 3. The second kappa shape index (κ2) is 9.05. The Kier molecular flexibility index (Phi) is 6.90. The normalized spacial score (nSPS) is 17.3. The zero-order valence-corrected chi connectivity index (χ0v) is 11.9. The first-order valence-corrected chi connectivity index (χ1v) is 7.78. The highest BCUT2D eigenvalue weighted by Crippen LogP contribution is 2.16. The zero-order chi connectivity index (χ0) is 13.2. The van der Waals surface area contributed by atoms with Gasteiger partial charge in [-0.25, -0.2) is 0 Å². The molecule has 1 saturated carbocycles. The van der Waals surface area contributed by atoms with Crippen LogP contribution in [0, 0.1) is 0 Å². The van der Waals surface area contributed by atoms with Crippen LogP contribution in [0.2, 0.25) is 0 Å². The molecule has 1 fully saturated rings.